The van der Waals surface area contributed by atoms with Crippen molar-refractivity contribution in [1.82, 2.24) is 0 Å². The lowest BCUT2D eigenvalue weighted by Gasteiger charge is -2.26. The van der Waals surface area contributed by atoms with Crippen molar-refractivity contribution in [2.75, 3.05) is 0 Å². The summed E-state index contributed by atoms with van der Waals surface area (Å²) in [6.07, 6.45) is -9.19. The van der Waals surface area contributed by atoms with Gasteiger partial charge in [0.25, 0.3) is 0 Å². The zero-order valence-corrected chi connectivity index (χ0v) is 10.2. The van der Waals surface area contributed by atoms with Crippen molar-refractivity contribution >= 4 is 21.7 Å². The van der Waals surface area contributed by atoms with E-state index < -0.39 is 29.5 Å². The molecule has 0 aliphatic carbocycles. The average molecular weight is 331 g/mol. The van der Waals surface area contributed by atoms with Gasteiger partial charge in [0, 0.05) is 10.0 Å². The maximum atomic E-state index is 13.3. The molecule has 0 radical (unpaired) electrons. The van der Waals surface area contributed by atoms with E-state index in [4.69, 9.17) is 10.2 Å². The molecule has 1 rings (SSSR count). The van der Waals surface area contributed by atoms with Crippen LogP contribution in [0.25, 0.3) is 0 Å². The number of benzene rings is 1. The van der Waals surface area contributed by atoms with E-state index in [1.807, 2.05) is 0 Å². The first-order chi connectivity index (χ1) is 8.07. The SMILES string of the molecule is O=C(c1cccc(Br)c1)C(F)C(O)(O)C(F)(F)F. The molecule has 0 aliphatic rings. The normalized spacial score (nSPS) is 14.4. The van der Waals surface area contributed by atoms with Gasteiger partial charge in [-0.3, -0.25) is 4.79 Å². The van der Waals surface area contributed by atoms with E-state index in [-0.39, 0.29) is 0 Å². The lowest BCUT2D eigenvalue weighted by molar-refractivity contribution is -0.362. The molecular formula is C10H7BrF4O3. The van der Waals surface area contributed by atoms with E-state index in [0.29, 0.717) is 4.47 Å². The topological polar surface area (TPSA) is 57.5 Å². The lowest BCUT2D eigenvalue weighted by Crippen LogP contribution is -2.55. The molecule has 0 saturated heterocycles. The highest BCUT2D eigenvalue weighted by Gasteiger charge is 2.61. The summed E-state index contributed by atoms with van der Waals surface area (Å²) < 4.78 is 50.1. The Kier molecular flexibility index (Phi) is 4.14. The molecule has 0 fully saturated rings. The second kappa shape index (κ2) is 4.94. The summed E-state index contributed by atoms with van der Waals surface area (Å²) in [7, 11) is 0. The van der Waals surface area contributed by atoms with Crippen LogP contribution in [0.1, 0.15) is 10.4 Å². The molecule has 0 amide bonds. The third kappa shape index (κ3) is 2.88. The van der Waals surface area contributed by atoms with E-state index in [2.05, 4.69) is 15.9 Å². The lowest BCUT2D eigenvalue weighted by atomic mass is 10.0. The number of rotatable bonds is 3. The summed E-state index contributed by atoms with van der Waals surface area (Å²) in [4.78, 5) is 11.4. The predicted octanol–water partition coefficient (Wildman–Crippen LogP) is 2.21. The standard InChI is InChI=1S/C10H7BrF4O3/c11-6-3-1-2-5(4-6)7(16)8(12)9(17,18)10(13,14)15/h1-4,8,17-18H. The minimum absolute atomic E-state index is 0.342. The van der Waals surface area contributed by atoms with Gasteiger partial charge in [-0.1, -0.05) is 28.1 Å². The largest absolute Gasteiger partial charge is 0.446 e. The maximum Gasteiger partial charge on any atom is 0.446 e. The monoisotopic (exact) mass is 330 g/mol. The average Bonchev–Trinajstić information content (AvgIpc) is 2.25. The first-order valence-corrected chi connectivity index (χ1v) is 5.32. The summed E-state index contributed by atoms with van der Waals surface area (Å²) in [6, 6.07) is 4.90. The van der Waals surface area contributed by atoms with Crippen LogP contribution in [0.15, 0.2) is 28.7 Å². The molecule has 100 valence electrons. The van der Waals surface area contributed by atoms with Gasteiger partial charge < -0.3 is 10.2 Å². The number of aliphatic hydroxyl groups is 2. The second-order valence-corrected chi connectivity index (χ2v) is 4.38. The van der Waals surface area contributed by atoms with Crippen molar-refractivity contribution in [3.05, 3.63) is 34.3 Å². The third-order valence-corrected chi connectivity index (χ3v) is 2.60. The van der Waals surface area contributed by atoms with Gasteiger partial charge in [0.1, 0.15) is 0 Å². The summed E-state index contributed by atoms with van der Waals surface area (Å²) in [5.41, 5.74) is -0.409. The first-order valence-electron chi connectivity index (χ1n) is 4.52. The van der Waals surface area contributed by atoms with Crippen molar-refractivity contribution in [3.63, 3.8) is 0 Å². The van der Waals surface area contributed by atoms with Gasteiger partial charge in [0.2, 0.25) is 12.0 Å². The van der Waals surface area contributed by atoms with Crippen molar-refractivity contribution in [2.24, 2.45) is 0 Å². The molecule has 1 aromatic rings. The van der Waals surface area contributed by atoms with Gasteiger partial charge in [0.15, 0.2) is 0 Å². The summed E-state index contributed by atoms with van der Waals surface area (Å²) in [6.45, 7) is 0. The fraction of sp³-hybridized carbons (Fsp3) is 0.300. The Bertz CT molecular complexity index is 459. The van der Waals surface area contributed by atoms with Crippen LogP contribution in [0.2, 0.25) is 0 Å². The quantitative estimate of drug-likeness (QED) is 0.507. The minimum Gasteiger partial charge on any atom is -0.356 e. The third-order valence-electron chi connectivity index (χ3n) is 2.11. The highest BCUT2D eigenvalue weighted by atomic mass is 79.9. The molecule has 0 heterocycles. The van der Waals surface area contributed by atoms with Crippen molar-refractivity contribution in [3.8, 4) is 0 Å². The Morgan fingerprint density at radius 3 is 2.28 bits per heavy atom. The van der Waals surface area contributed by atoms with Crippen LogP contribution in [0, 0.1) is 0 Å². The molecule has 0 saturated carbocycles. The number of carbonyl (C=O) groups is 1. The van der Waals surface area contributed by atoms with Crippen LogP contribution in [0.5, 0.6) is 0 Å². The number of hydrogen-bond acceptors (Lipinski definition) is 3. The number of ketones is 1. The maximum absolute atomic E-state index is 13.3. The first kappa shape index (κ1) is 15.1. The van der Waals surface area contributed by atoms with Crippen LogP contribution >= 0.6 is 15.9 Å². The molecule has 0 aliphatic heterocycles. The number of carbonyl (C=O) groups excluding carboxylic acids is 1. The smallest absolute Gasteiger partial charge is 0.356 e. The Morgan fingerprint density at radius 2 is 1.83 bits per heavy atom. The summed E-state index contributed by atoms with van der Waals surface area (Å²) >= 11 is 2.95. The van der Waals surface area contributed by atoms with Crippen molar-refractivity contribution in [2.45, 2.75) is 18.1 Å². The van der Waals surface area contributed by atoms with Gasteiger partial charge in [-0.15, -0.1) is 0 Å². The minimum atomic E-state index is -5.67. The van der Waals surface area contributed by atoms with Crippen LogP contribution in [0.4, 0.5) is 17.6 Å². The van der Waals surface area contributed by atoms with Crippen LogP contribution in [-0.2, 0) is 0 Å². The molecule has 1 atom stereocenters. The van der Waals surface area contributed by atoms with E-state index >= 15 is 0 Å². The van der Waals surface area contributed by atoms with Gasteiger partial charge in [0.05, 0.1) is 0 Å². The molecule has 8 heteroatoms. The van der Waals surface area contributed by atoms with E-state index in [1.54, 1.807) is 0 Å². The highest BCUT2D eigenvalue weighted by molar-refractivity contribution is 9.10. The van der Waals surface area contributed by atoms with Gasteiger partial charge in [-0.25, -0.2) is 4.39 Å². The Labute approximate surface area is 107 Å². The Morgan fingerprint density at radius 1 is 1.28 bits per heavy atom. The van der Waals surface area contributed by atoms with Crippen molar-refractivity contribution in [1.29, 1.82) is 0 Å². The zero-order chi connectivity index (χ0) is 14.1. The summed E-state index contributed by atoms with van der Waals surface area (Å²) in [5, 5.41) is 17.3. The highest BCUT2D eigenvalue weighted by Crippen LogP contribution is 2.33. The number of hydrogen-bond donors (Lipinski definition) is 2. The Hall–Kier alpha value is -0.990. The molecule has 2 N–H and O–H groups in total. The van der Waals surface area contributed by atoms with Crippen LogP contribution in [-0.4, -0.2) is 34.1 Å². The number of Topliss-reactive ketones (excluding diaryl/α,β-unsaturated/α-hetero) is 1. The van der Waals surface area contributed by atoms with E-state index in [9.17, 15) is 22.4 Å². The molecule has 0 bridgehead atoms. The summed E-state index contributed by atoms with van der Waals surface area (Å²) in [5.74, 6) is -6.38. The molecule has 0 spiro atoms. The fourth-order valence-electron chi connectivity index (χ4n) is 1.11. The molecule has 1 aromatic carbocycles. The van der Waals surface area contributed by atoms with Gasteiger partial charge in [-0.05, 0) is 12.1 Å². The zero-order valence-electron chi connectivity index (χ0n) is 8.58. The molecular weight excluding hydrogens is 324 g/mol. The number of halogens is 5. The van der Waals surface area contributed by atoms with Crippen molar-refractivity contribution < 1.29 is 32.6 Å². The van der Waals surface area contributed by atoms with Gasteiger partial charge in [-0.2, -0.15) is 13.2 Å². The molecule has 1 unspecified atom stereocenters. The molecule has 3 nitrogen and oxygen atoms in total. The predicted molar refractivity (Wildman–Crippen MR) is 56.6 cm³/mol. The molecule has 0 aromatic heterocycles. The fourth-order valence-corrected chi connectivity index (χ4v) is 1.51. The second-order valence-electron chi connectivity index (χ2n) is 3.46. The van der Waals surface area contributed by atoms with Crippen LogP contribution < -0.4 is 0 Å². The van der Waals surface area contributed by atoms with Gasteiger partial charge >= 0.3 is 12.0 Å². The van der Waals surface area contributed by atoms with Crippen LogP contribution in [0.3, 0.4) is 0 Å². The number of alkyl halides is 4. The Balaban J connectivity index is 3.05. The molecule has 18 heavy (non-hydrogen) atoms. The van der Waals surface area contributed by atoms with E-state index in [1.165, 1.54) is 12.1 Å². The van der Waals surface area contributed by atoms with E-state index in [0.717, 1.165) is 12.1 Å².